The molecule has 1 aliphatic rings. The van der Waals surface area contributed by atoms with E-state index >= 15 is 0 Å². The molecular formula is C30H39Cl2FN4O2S2. The molecule has 0 amide bonds. The predicted octanol–water partition coefficient (Wildman–Crippen LogP) is 7.12. The number of thioether (sulfide) groups is 1. The first-order chi connectivity index (χ1) is 19.5. The molecule has 1 fully saturated rings. The number of hydrogen-bond donors (Lipinski definition) is 0. The maximum atomic E-state index is 13.8. The van der Waals surface area contributed by atoms with E-state index in [1.54, 1.807) is 34.3 Å². The second kappa shape index (κ2) is 13.8. The van der Waals surface area contributed by atoms with Crippen LogP contribution in [0.15, 0.2) is 53.8 Å². The Morgan fingerprint density at radius 2 is 1.71 bits per heavy atom. The largest absolute Gasteiger partial charge is 0.303 e. The van der Waals surface area contributed by atoms with Crippen LogP contribution in [-0.2, 0) is 15.4 Å². The lowest BCUT2D eigenvalue weighted by atomic mass is 9.81. The first-order valence-corrected chi connectivity index (χ1v) is 17.4. The van der Waals surface area contributed by atoms with Crippen molar-refractivity contribution >= 4 is 45.0 Å². The van der Waals surface area contributed by atoms with E-state index in [4.69, 9.17) is 28.2 Å². The first kappa shape index (κ1) is 32.3. The molecular weight excluding hydrogens is 602 g/mol. The van der Waals surface area contributed by atoms with Crippen molar-refractivity contribution < 1.29 is 12.8 Å². The van der Waals surface area contributed by atoms with Crippen LogP contribution in [0.5, 0.6) is 0 Å². The summed E-state index contributed by atoms with van der Waals surface area (Å²) in [5.74, 6) is 1.06. The molecule has 2 aromatic carbocycles. The maximum Gasteiger partial charge on any atom is 0.215 e. The summed E-state index contributed by atoms with van der Waals surface area (Å²) in [5, 5.41) is 1.80. The second-order valence-electron chi connectivity index (χ2n) is 11.0. The Labute approximate surface area is 258 Å². The molecule has 3 aromatic rings. The third-order valence-electron chi connectivity index (χ3n) is 8.07. The summed E-state index contributed by atoms with van der Waals surface area (Å²) in [5.41, 5.74) is 2.28. The summed E-state index contributed by atoms with van der Waals surface area (Å²) < 4.78 is 43.4. The van der Waals surface area contributed by atoms with Gasteiger partial charge in [0.05, 0.1) is 27.7 Å². The molecule has 0 unspecified atom stereocenters. The predicted molar refractivity (Wildman–Crippen MR) is 169 cm³/mol. The minimum Gasteiger partial charge on any atom is -0.303 e. The second-order valence-corrected chi connectivity index (χ2v) is 14.9. The normalized spacial score (nSPS) is 15.6. The number of nitrogens with zero attached hydrogens (tertiary/aromatic N) is 4. The Kier molecular flexibility index (Phi) is 10.9. The van der Waals surface area contributed by atoms with E-state index < -0.39 is 15.4 Å². The van der Waals surface area contributed by atoms with Crippen LogP contribution in [0.25, 0.3) is 5.69 Å². The molecule has 0 radical (unpaired) electrons. The molecule has 0 saturated carbocycles. The van der Waals surface area contributed by atoms with E-state index in [-0.39, 0.29) is 11.6 Å². The highest BCUT2D eigenvalue weighted by Crippen LogP contribution is 2.38. The van der Waals surface area contributed by atoms with Gasteiger partial charge in [-0.05, 0) is 73.8 Å². The highest BCUT2D eigenvalue weighted by molar-refractivity contribution is 7.99. The molecule has 0 aliphatic carbocycles. The minimum atomic E-state index is -3.26. The molecule has 11 heteroatoms. The van der Waals surface area contributed by atoms with E-state index in [0.29, 0.717) is 35.6 Å². The Balaban J connectivity index is 1.49. The molecule has 1 aliphatic heterocycles. The monoisotopic (exact) mass is 640 g/mol. The Bertz CT molecular complexity index is 1420. The number of imidazole rings is 1. The third-order valence-corrected chi connectivity index (χ3v) is 11.8. The summed E-state index contributed by atoms with van der Waals surface area (Å²) in [7, 11) is -3.26. The fourth-order valence-electron chi connectivity index (χ4n) is 5.21. The van der Waals surface area contributed by atoms with E-state index in [0.717, 1.165) is 53.8 Å². The summed E-state index contributed by atoms with van der Waals surface area (Å²) in [6.45, 7) is 11.7. The van der Waals surface area contributed by atoms with E-state index in [1.807, 2.05) is 18.3 Å². The number of aromatic nitrogens is 2. The van der Waals surface area contributed by atoms with Gasteiger partial charge in [-0.3, -0.25) is 4.57 Å². The van der Waals surface area contributed by atoms with Crippen LogP contribution < -0.4 is 0 Å². The molecule has 224 valence electrons. The maximum absolute atomic E-state index is 13.8. The first-order valence-electron chi connectivity index (χ1n) is 14.1. The summed E-state index contributed by atoms with van der Waals surface area (Å²) in [6, 6.07) is 12.1. The van der Waals surface area contributed by atoms with Crippen LogP contribution in [0.4, 0.5) is 4.39 Å². The molecule has 1 saturated heterocycles. The van der Waals surface area contributed by atoms with Crippen LogP contribution in [0.2, 0.25) is 10.0 Å². The van der Waals surface area contributed by atoms with Gasteiger partial charge in [-0.1, -0.05) is 68.7 Å². The number of piperidine rings is 1. The Morgan fingerprint density at radius 3 is 2.32 bits per heavy atom. The zero-order chi connectivity index (χ0) is 29.8. The van der Waals surface area contributed by atoms with Crippen molar-refractivity contribution in [2.75, 3.05) is 44.2 Å². The van der Waals surface area contributed by atoms with Crippen molar-refractivity contribution in [3.63, 3.8) is 0 Å². The summed E-state index contributed by atoms with van der Waals surface area (Å²) >= 11 is 14.2. The highest BCUT2D eigenvalue weighted by atomic mass is 35.5. The highest BCUT2D eigenvalue weighted by Gasteiger charge is 2.31. The average molecular weight is 642 g/mol. The zero-order valence-corrected chi connectivity index (χ0v) is 27.3. The molecule has 0 N–H and O–H groups in total. The van der Waals surface area contributed by atoms with Gasteiger partial charge in [-0.15, -0.1) is 0 Å². The van der Waals surface area contributed by atoms with Gasteiger partial charge in [0.1, 0.15) is 5.82 Å². The van der Waals surface area contributed by atoms with Gasteiger partial charge >= 0.3 is 0 Å². The van der Waals surface area contributed by atoms with Gasteiger partial charge in [-0.2, -0.15) is 0 Å². The lowest BCUT2D eigenvalue weighted by Gasteiger charge is -2.32. The fourth-order valence-corrected chi connectivity index (χ4v) is 8.20. The van der Waals surface area contributed by atoms with E-state index in [9.17, 15) is 12.8 Å². The smallest absolute Gasteiger partial charge is 0.215 e. The molecule has 0 spiro atoms. The van der Waals surface area contributed by atoms with Crippen molar-refractivity contribution in [3.05, 3.63) is 75.8 Å². The van der Waals surface area contributed by atoms with Crippen molar-refractivity contribution in [1.29, 1.82) is 0 Å². The summed E-state index contributed by atoms with van der Waals surface area (Å²) in [6.07, 6.45) is 3.51. The molecule has 1 aromatic heterocycles. The van der Waals surface area contributed by atoms with Gasteiger partial charge in [0.2, 0.25) is 10.0 Å². The lowest BCUT2D eigenvalue weighted by Crippen LogP contribution is -2.42. The zero-order valence-electron chi connectivity index (χ0n) is 24.1. The molecule has 6 nitrogen and oxygen atoms in total. The lowest BCUT2D eigenvalue weighted by molar-refractivity contribution is 0.284. The van der Waals surface area contributed by atoms with Crippen LogP contribution in [0.3, 0.4) is 0 Å². The van der Waals surface area contributed by atoms with Gasteiger partial charge in [-0.25, -0.2) is 22.1 Å². The number of benzene rings is 2. The standard InChI is InChI=1S/C30H39Cl2FN4O2S2/c1-5-35(6-2)17-18-41(38,39)36-15-13-22(14-16-36)21-40-29-34-20-28(37(29)25-10-8-24(33)9-11-25)30(3,4)23-7-12-26(31)27(32)19-23/h7-12,19-20,22H,5-6,13-18,21H2,1-4H3. The van der Waals surface area contributed by atoms with Crippen molar-refractivity contribution in [2.24, 2.45) is 5.92 Å². The van der Waals surface area contributed by atoms with E-state index in [2.05, 4.69) is 37.2 Å². The fraction of sp³-hybridized carbons (Fsp3) is 0.500. The quantitative estimate of drug-likeness (QED) is 0.197. The van der Waals surface area contributed by atoms with Crippen LogP contribution in [0, 0.1) is 11.7 Å². The van der Waals surface area contributed by atoms with Gasteiger partial charge in [0.15, 0.2) is 5.16 Å². The van der Waals surface area contributed by atoms with E-state index in [1.165, 1.54) is 12.1 Å². The molecule has 0 bridgehead atoms. The van der Waals surface area contributed by atoms with Crippen molar-refractivity contribution in [3.8, 4) is 5.69 Å². The van der Waals surface area contributed by atoms with Gasteiger partial charge in [0.25, 0.3) is 0 Å². The number of sulfonamides is 1. The molecule has 0 atom stereocenters. The van der Waals surface area contributed by atoms with Gasteiger partial charge < -0.3 is 4.90 Å². The SMILES string of the molecule is CCN(CC)CCS(=O)(=O)N1CCC(CSc2ncc(C(C)(C)c3ccc(Cl)c(Cl)c3)n2-c2ccc(F)cc2)CC1. The molecule has 2 heterocycles. The molecule has 4 rings (SSSR count). The average Bonchev–Trinajstić information content (AvgIpc) is 3.39. The van der Waals surface area contributed by atoms with Crippen LogP contribution >= 0.6 is 35.0 Å². The Morgan fingerprint density at radius 1 is 1.05 bits per heavy atom. The van der Waals surface area contributed by atoms with Crippen molar-refractivity contribution in [1.82, 2.24) is 18.8 Å². The Hall–Kier alpha value is -1.62. The number of rotatable bonds is 12. The number of hydrogen-bond acceptors (Lipinski definition) is 5. The van der Waals surface area contributed by atoms with Crippen LogP contribution in [-0.4, -0.2) is 71.4 Å². The van der Waals surface area contributed by atoms with Crippen LogP contribution in [0.1, 0.15) is 51.8 Å². The molecule has 41 heavy (non-hydrogen) atoms. The van der Waals surface area contributed by atoms with Gasteiger partial charge in [0, 0.05) is 36.5 Å². The van der Waals surface area contributed by atoms with Crippen molar-refractivity contribution in [2.45, 2.75) is 51.1 Å². The minimum absolute atomic E-state index is 0.167. The third kappa shape index (κ3) is 7.67. The summed E-state index contributed by atoms with van der Waals surface area (Å²) in [4.78, 5) is 6.94. The topological polar surface area (TPSA) is 58.4 Å². The number of halogens is 3.